The molecule has 1 atom stereocenters. The molecule has 0 fully saturated rings. The van der Waals surface area contributed by atoms with E-state index in [2.05, 4.69) is 4.52 Å². The van der Waals surface area contributed by atoms with Crippen LogP contribution in [0.4, 0.5) is 0 Å². The molecule has 0 radical (unpaired) electrons. The summed E-state index contributed by atoms with van der Waals surface area (Å²) in [6.45, 7) is 1.72. The molecule has 0 saturated heterocycles. The van der Waals surface area contributed by atoms with Gasteiger partial charge in [-0.05, 0) is 6.42 Å². The first kappa shape index (κ1) is 10.1. The maximum Gasteiger partial charge on any atom is 0.327 e. The van der Waals surface area contributed by atoms with Crippen LogP contribution in [0.3, 0.4) is 0 Å². The van der Waals surface area contributed by atoms with E-state index in [4.69, 9.17) is 10.00 Å². The first-order valence-electron chi connectivity index (χ1n) is 3.19. The summed E-state index contributed by atoms with van der Waals surface area (Å²) in [6.07, 6.45) is 0.531. The summed E-state index contributed by atoms with van der Waals surface area (Å²) < 4.78 is 15.3. The van der Waals surface area contributed by atoms with Gasteiger partial charge in [-0.3, -0.25) is 4.57 Å². The zero-order valence-corrected chi connectivity index (χ0v) is 6.88. The summed E-state index contributed by atoms with van der Waals surface area (Å²) in [6, 6.07) is 0. The van der Waals surface area contributed by atoms with E-state index >= 15 is 0 Å². The largest absolute Gasteiger partial charge is 0.396 e. The van der Waals surface area contributed by atoms with Crippen LogP contribution in [-0.2, 0) is 9.09 Å². The molecule has 0 heterocycles. The van der Waals surface area contributed by atoms with Gasteiger partial charge in [0, 0.05) is 12.8 Å². The Bertz CT molecular complexity index is 125. The molecule has 0 spiro atoms. The molecule has 0 bridgehead atoms. The minimum absolute atomic E-state index is 0.0102. The summed E-state index contributed by atoms with van der Waals surface area (Å²) in [5.41, 5.74) is 0. The van der Waals surface area contributed by atoms with Crippen molar-refractivity contribution in [2.24, 2.45) is 0 Å². The molecule has 2 N–H and O–H groups in total. The number of hydrogen-bond donors (Lipinski definition) is 2. The zero-order valence-electron chi connectivity index (χ0n) is 5.99. The SMILES string of the molecule is CCP(=O)(O)OCCCO. The van der Waals surface area contributed by atoms with Crippen LogP contribution in [0.15, 0.2) is 0 Å². The van der Waals surface area contributed by atoms with Crippen molar-refractivity contribution < 1.29 is 19.1 Å². The molecular formula is C5H13O4P. The minimum Gasteiger partial charge on any atom is -0.396 e. The molecule has 0 rings (SSSR count). The van der Waals surface area contributed by atoms with Gasteiger partial charge in [-0.15, -0.1) is 0 Å². The fraction of sp³-hybridized carbons (Fsp3) is 1.00. The van der Waals surface area contributed by atoms with Crippen molar-refractivity contribution in [1.82, 2.24) is 0 Å². The van der Waals surface area contributed by atoms with Crippen molar-refractivity contribution in [3.05, 3.63) is 0 Å². The molecule has 0 aliphatic carbocycles. The molecule has 0 saturated carbocycles. The van der Waals surface area contributed by atoms with Gasteiger partial charge in [-0.25, -0.2) is 0 Å². The Morgan fingerprint density at radius 3 is 2.60 bits per heavy atom. The van der Waals surface area contributed by atoms with Crippen molar-refractivity contribution in [2.75, 3.05) is 19.4 Å². The van der Waals surface area contributed by atoms with Crippen molar-refractivity contribution in [3.8, 4) is 0 Å². The van der Waals surface area contributed by atoms with Gasteiger partial charge >= 0.3 is 7.60 Å². The summed E-state index contributed by atoms with van der Waals surface area (Å²) >= 11 is 0. The second-order valence-corrected chi connectivity index (χ2v) is 4.03. The molecule has 4 nitrogen and oxygen atoms in total. The fourth-order valence-corrected chi connectivity index (χ4v) is 0.960. The van der Waals surface area contributed by atoms with Crippen molar-refractivity contribution in [3.63, 3.8) is 0 Å². The Kier molecular flexibility index (Phi) is 4.91. The van der Waals surface area contributed by atoms with E-state index in [1.165, 1.54) is 0 Å². The van der Waals surface area contributed by atoms with Gasteiger partial charge in [0.15, 0.2) is 0 Å². The van der Waals surface area contributed by atoms with E-state index in [1.807, 2.05) is 0 Å². The predicted molar refractivity (Wildman–Crippen MR) is 38.0 cm³/mol. The lowest BCUT2D eigenvalue weighted by atomic mass is 10.5. The second-order valence-electron chi connectivity index (χ2n) is 1.86. The van der Waals surface area contributed by atoms with Crippen LogP contribution in [0.1, 0.15) is 13.3 Å². The molecule has 5 heteroatoms. The molecule has 10 heavy (non-hydrogen) atoms. The van der Waals surface area contributed by atoms with Crippen LogP contribution < -0.4 is 0 Å². The van der Waals surface area contributed by atoms with Gasteiger partial charge in [0.2, 0.25) is 0 Å². The van der Waals surface area contributed by atoms with Crippen molar-refractivity contribution >= 4 is 7.60 Å². The maximum atomic E-state index is 10.7. The van der Waals surface area contributed by atoms with Gasteiger partial charge in [0.25, 0.3) is 0 Å². The topological polar surface area (TPSA) is 66.8 Å². The number of rotatable bonds is 5. The van der Waals surface area contributed by atoms with Crippen LogP contribution in [0, 0.1) is 0 Å². The lowest BCUT2D eigenvalue weighted by Crippen LogP contribution is -1.96. The Balaban J connectivity index is 3.38. The van der Waals surface area contributed by atoms with E-state index in [0.717, 1.165) is 0 Å². The van der Waals surface area contributed by atoms with Gasteiger partial charge in [-0.2, -0.15) is 0 Å². The first-order valence-corrected chi connectivity index (χ1v) is 4.96. The van der Waals surface area contributed by atoms with E-state index < -0.39 is 7.60 Å². The van der Waals surface area contributed by atoms with Crippen LogP contribution in [0.25, 0.3) is 0 Å². The highest BCUT2D eigenvalue weighted by Crippen LogP contribution is 2.40. The Labute approximate surface area is 60.4 Å². The van der Waals surface area contributed by atoms with Crippen molar-refractivity contribution in [2.45, 2.75) is 13.3 Å². The third-order valence-corrected chi connectivity index (χ3v) is 2.38. The molecule has 0 aromatic rings. The molecule has 0 aliphatic heterocycles. The van der Waals surface area contributed by atoms with Crippen LogP contribution in [0.5, 0.6) is 0 Å². The molecule has 0 aromatic heterocycles. The third-order valence-electron chi connectivity index (χ3n) is 0.995. The van der Waals surface area contributed by atoms with Crippen molar-refractivity contribution in [1.29, 1.82) is 0 Å². The highest BCUT2D eigenvalue weighted by Gasteiger charge is 2.14. The van der Waals surface area contributed by atoms with E-state index in [0.29, 0.717) is 6.42 Å². The lowest BCUT2D eigenvalue weighted by molar-refractivity contribution is 0.214. The summed E-state index contributed by atoms with van der Waals surface area (Å²) in [5.74, 6) is 0. The Morgan fingerprint density at radius 2 is 2.20 bits per heavy atom. The maximum absolute atomic E-state index is 10.7. The number of aliphatic hydroxyl groups excluding tert-OH is 1. The lowest BCUT2D eigenvalue weighted by Gasteiger charge is -2.07. The predicted octanol–water partition coefficient (Wildman–Crippen LogP) is 0.591. The van der Waals surface area contributed by atoms with Gasteiger partial charge in [0.1, 0.15) is 0 Å². The van der Waals surface area contributed by atoms with E-state index in [9.17, 15) is 4.57 Å². The number of hydrogen-bond acceptors (Lipinski definition) is 3. The van der Waals surface area contributed by atoms with Gasteiger partial charge in [-0.1, -0.05) is 6.92 Å². The van der Waals surface area contributed by atoms with Gasteiger partial charge in [0.05, 0.1) is 6.61 Å². The third kappa shape index (κ3) is 4.94. The highest BCUT2D eigenvalue weighted by atomic mass is 31.2. The average Bonchev–Trinajstić information content (AvgIpc) is 1.89. The quantitative estimate of drug-likeness (QED) is 0.465. The van der Waals surface area contributed by atoms with E-state index in [-0.39, 0.29) is 19.4 Å². The molecular weight excluding hydrogens is 155 g/mol. The van der Waals surface area contributed by atoms with E-state index in [1.54, 1.807) is 6.92 Å². The molecule has 1 unspecified atom stereocenters. The van der Waals surface area contributed by atoms with Crippen LogP contribution >= 0.6 is 7.60 Å². The molecule has 0 aliphatic rings. The van der Waals surface area contributed by atoms with Crippen LogP contribution in [0.2, 0.25) is 0 Å². The second kappa shape index (κ2) is 4.85. The Hall–Kier alpha value is 0.110. The summed E-state index contributed by atoms with van der Waals surface area (Å²) in [4.78, 5) is 8.80. The normalized spacial score (nSPS) is 16.7. The zero-order chi connectivity index (χ0) is 8.04. The molecule has 62 valence electrons. The fourth-order valence-electron chi connectivity index (χ4n) is 0.363. The van der Waals surface area contributed by atoms with Crippen LogP contribution in [-0.4, -0.2) is 29.4 Å². The summed E-state index contributed by atoms with van der Waals surface area (Å²) in [5, 5.41) is 8.28. The highest BCUT2D eigenvalue weighted by molar-refractivity contribution is 7.52. The molecule has 0 aromatic carbocycles. The minimum atomic E-state index is -3.31. The molecule has 0 amide bonds. The Morgan fingerprint density at radius 1 is 1.60 bits per heavy atom. The van der Waals surface area contributed by atoms with Gasteiger partial charge < -0.3 is 14.5 Å². The standard InChI is InChI=1S/C5H13O4P/c1-2-10(7,8)9-5-3-4-6/h6H,2-5H2,1H3,(H,7,8). The smallest absolute Gasteiger partial charge is 0.327 e. The average molecular weight is 168 g/mol. The summed E-state index contributed by atoms with van der Waals surface area (Å²) in [7, 11) is -3.31. The number of aliphatic hydroxyl groups is 1. The first-order chi connectivity index (χ1) is 4.62. The monoisotopic (exact) mass is 168 g/mol.